The molecule has 0 rings (SSSR count). The first-order valence-corrected chi connectivity index (χ1v) is 5.20. The van der Waals surface area contributed by atoms with Crippen molar-refractivity contribution >= 4 is 0 Å². The van der Waals surface area contributed by atoms with Crippen LogP contribution >= 0.6 is 0 Å². The molecule has 0 fully saturated rings. The highest BCUT2D eigenvalue weighted by molar-refractivity contribution is 4.56. The fourth-order valence-corrected chi connectivity index (χ4v) is 1.29. The van der Waals surface area contributed by atoms with Crippen molar-refractivity contribution in [3.05, 3.63) is 0 Å². The summed E-state index contributed by atoms with van der Waals surface area (Å²) in [5.41, 5.74) is 0. The Labute approximate surface area is 73.4 Å². The van der Waals surface area contributed by atoms with Gasteiger partial charge in [0.15, 0.2) is 0 Å². The van der Waals surface area contributed by atoms with E-state index in [-0.39, 0.29) is 0 Å². The van der Waals surface area contributed by atoms with Gasteiger partial charge in [-0.05, 0) is 18.3 Å². The van der Waals surface area contributed by atoms with Crippen molar-refractivity contribution in [1.82, 2.24) is 0 Å². The first-order valence-electron chi connectivity index (χ1n) is 5.20. The van der Waals surface area contributed by atoms with Crippen LogP contribution < -0.4 is 0 Å². The lowest BCUT2D eigenvalue weighted by molar-refractivity contribution is 0.388. The van der Waals surface area contributed by atoms with Gasteiger partial charge in [0.25, 0.3) is 0 Å². The molecule has 0 aliphatic rings. The third-order valence-corrected chi connectivity index (χ3v) is 1.96. The minimum absolute atomic E-state index is 0.884. The van der Waals surface area contributed by atoms with Crippen LogP contribution in [0.15, 0.2) is 0 Å². The van der Waals surface area contributed by atoms with Gasteiger partial charge in [-0.25, -0.2) is 0 Å². The van der Waals surface area contributed by atoms with Crippen molar-refractivity contribution in [2.24, 2.45) is 11.8 Å². The van der Waals surface area contributed by atoms with Crippen LogP contribution in [0.3, 0.4) is 0 Å². The summed E-state index contributed by atoms with van der Waals surface area (Å²) in [6.45, 7) is 13.2. The van der Waals surface area contributed by atoms with Gasteiger partial charge in [-0.15, -0.1) is 0 Å². The summed E-state index contributed by atoms with van der Waals surface area (Å²) in [4.78, 5) is 0. The summed E-state index contributed by atoms with van der Waals surface area (Å²) < 4.78 is 0. The minimum Gasteiger partial charge on any atom is -0.0683 e. The second-order valence-electron chi connectivity index (χ2n) is 3.31. The van der Waals surface area contributed by atoms with Gasteiger partial charge >= 0.3 is 0 Å². The highest BCUT2D eigenvalue weighted by Gasteiger charge is 2.04. The summed E-state index contributed by atoms with van der Waals surface area (Å²) in [5.74, 6) is 1.86. The fraction of sp³-hybridized carbons (Fsp3) is 1.00. The van der Waals surface area contributed by atoms with Crippen LogP contribution in [-0.2, 0) is 0 Å². The van der Waals surface area contributed by atoms with E-state index in [2.05, 4.69) is 27.7 Å². The predicted molar refractivity (Wildman–Crippen MR) is 54.9 cm³/mol. The van der Waals surface area contributed by atoms with Crippen molar-refractivity contribution in [1.29, 1.82) is 0 Å². The summed E-state index contributed by atoms with van der Waals surface area (Å²) in [6.07, 6.45) is 4.12. The second kappa shape index (κ2) is 10.0. The Kier molecular flexibility index (Phi) is 12.3. The van der Waals surface area contributed by atoms with Crippen LogP contribution in [0.5, 0.6) is 0 Å². The van der Waals surface area contributed by atoms with Gasteiger partial charge in [0, 0.05) is 0 Å². The molecule has 0 atom stereocenters. The molecule has 0 heterocycles. The highest BCUT2D eigenvalue weighted by Crippen LogP contribution is 2.17. The standard InChI is InChI=1S/C9H20.C2H6/c1-5-9(6-2)7-8(3)4;1-2/h8-9H,5-7H2,1-4H3;1-2H3. The molecular weight excluding hydrogens is 132 g/mol. The van der Waals surface area contributed by atoms with E-state index in [0.29, 0.717) is 0 Å². The molecule has 11 heavy (non-hydrogen) atoms. The third kappa shape index (κ3) is 10.0. The molecule has 0 saturated carbocycles. The van der Waals surface area contributed by atoms with Crippen molar-refractivity contribution < 1.29 is 0 Å². The number of hydrogen-bond acceptors (Lipinski definition) is 0. The summed E-state index contributed by atoms with van der Waals surface area (Å²) in [7, 11) is 0. The molecule has 0 aromatic carbocycles. The summed E-state index contributed by atoms with van der Waals surface area (Å²) in [6, 6.07) is 0. The lowest BCUT2D eigenvalue weighted by Crippen LogP contribution is -2.00. The average Bonchev–Trinajstić information content (AvgIpc) is 2.03. The van der Waals surface area contributed by atoms with Crippen molar-refractivity contribution in [3.8, 4) is 0 Å². The molecule has 0 nitrogen and oxygen atoms in total. The van der Waals surface area contributed by atoms with E-state index in [0.717, 1.165) is 11.8 Å². The third-order valence-electron chi connectivity index (χ3n) is 1.96. The quantitative estimate of drug-likeness (QED) is 0.565. The second-order valence-corrected chi connectivity index (χ2v) is 3.31. The molecule has 0 aliphatic heterocycles. The van der Waals surface area contributed by atoms with Crippen LogP contribution in [0.25, 0.3) is 0 Å². The lowest BCUT2D eigenvalue weighted by atomic mass is 9.93. The van der Waals surface area contributed by atoms with Crippen LogP contribution in [0.4, 0.5) is 0 Å². The molecule has 70 valence electrons. The minimum atomic E-state index is 0.884. The first-order chi connectivity index (χ1) is 5.20. The molecule has 0 radical (unpaired) electrons. The van der Waals surface area contributed by atoms with Gasteiger partial charge in [0.05, 0.1) is 0 Å². The Morgan fingerprint density at radius 2 is 1.27 bits per heavy atom. The molecule has 0 N–H and O–H groups in total. The SMILES string of the molecule is CC.CCC(CC)CC(C)C. The smallest absolute Gasteiger partial charge is 0.0417 e. The molecule has 0 bridgehead atoms. The van der Waals surface area contributed by atoms with E-state index in [1.807, 2.05) is 13.8 Å². The molecule has 0 unspecified atom stereocenters. The van der Waals surface area contributed by atoms with Crippen molar-refractivity contribution in [2.75, 3.05) is 0 Å². The fourth-order valence-electron chi connectivity index (χ4n) is 1.29. The predicted octanol–water partition coefficient (Wildman–Crippen LogP) is 4.49. The van der Waals surface area contributed by atoms with E-state index in [1.165, 1.54) is 19.3 Å². The van der Waals surface area contributed by atoms with Gasteiger partial charge in [-0.3, -0.25) is 0 Å². The summed E-state index contributed by atoms with van der Waals surface area (Å²) in [5, 5.41) is 0. The van der Waals surface area contributed by atoms with Gasteiger partial charge in [0.2, 0.25) is 0 Å². The Bertz CT molecular complexity index is 51.1. The zero-order valence-corrected chi connectivity index (χ0v) is 9.28. The zero-order valence-electron chi connectivity index (χ0n) is 9.28. The Morgan fingerprint density at radius 3 is 1.36 bits per heavy atom. The average molecular weight is 158 g/mol. The van der Waals surface area contributed by atoms with Crippen LogP contribution in [-0.4, -0.2) is 0 Å². The monoisotopic (exact) mass is 158 g/mol. The highest BCUT2D eigenvalue weighted by atomic mass is 14.1. The molecule has 0 aliphatic carbocycles. The topological polar surface area (TPSA) is 0 Å². The Balaban J connectivity index is 0. The van der Waals surface area contributed by atoms with Crippen LogP contribution in [0, 0.1) is 11.8 Å². The van der Waals surface area contributed by atoms with Gasteiger partial charge < -0.3 is 0 Å². The molecule has 0 aromatic heterocycles. The van der Waals surface area contributed by atoms with Gasteiger partial charge in [-0.2, -0.15) is 0 Å². The number of hydrogen-bond donors (Lipinski definition) is 0. The van der Waals surface area contributed by atoms with Crippen molar-refractivity contribution in [3.63, 3.8) is 0 Å². The molecular formula is C11H26. The van der Waals surface area contributed by atoms with Crippen LogP contribution in [0.2, 0.25) is 0 Å². The van der Waals surface area contributed by atoms with E-state index in [9.17, 15) is 0 Å². The first kappa shape index (κ1) is 13.6. The van der Waals surface area contributed by atoms with E-state index in [4.69, 9.17) is 0 Å². The lowest BCUT2D eigenvalue weighted by Gasteiger charge is -2.13. The summed E-state index contributed by atoms with van der Waals surface area (Å²) >= 11 is 0. The zero-order chi connectivity index (χ0) is 9.28. The maximum atomic E-state index is 2.30. The van der Waals surface area contributed by atoms with Crippen LogP contribution in [0.1, 0.15) is 60.8 Å². The van der Waals surface area contributed by atoms with E-state index < -0.39 is 0 Å². The molecule has 0 saturated heterocycles. The maximum absolute atomic E-state index is 2.30. The Morgan fingerprint density at radius 1 is 0.909 bits per heavy atom. The number of rotatable bonds is 4. The van der Waals surface area contributed by atoms with Gasteiger partial charge in [0.1, 0.15) is 0 Å². The van der Waals surface area contributed by atoms with Gasteiger partial charge in [-0.1, -0.05) is 54.4 Å². The maximum Gasteiger partial charge on any atom is -0.0417 e. The van der Waals surface area contributed by atoms with Crippen molar-refractivity contribution in [2.45, 2.75) is 60.8 Å². The van der Waals surface area contributed by atoms with E-state index in [1.54, 1.807) is 0 Å². The Hall–Kier alpha value is 0. The molecule has 0 aromatic rings. The largest absolute Gasteiger partial charge is 0.0683 e. The molecule has 0 heteroatoms. The van der Waals surface area contributed by atoms with E-state index >= 15 is 0 Å². The normalized spacial score (nSPS) is 9.82. The molecule has 0 spiro atoms. The molecule has 0 amide bonds.